The highest BCUT2D eigenvalue weighted by molar-refractivity contribution is 6.31. The van der Waals surface area contributed by atoms with Crippen molar-refractivity contribution in [1.82, 2.24) is 9.97 Å². The first kappa shape index (κ1) is 14.3. The smallest absolute Gasteiger partial charge is 0.260 e. The quantitative estimate of drug-likeness (QED) is 0.777. The van der Waals surface area contributed by atoms with Crippen LogP contribution in [0.3, 0.4) is 0 Å². The van der Waals surface area contributed by atoms with E-state index in [2.05, 4.69) is 14.9 Å². The number of nitrogens with one attached hydrogen (secondary N) is 1. The molecule has 3 aromatic rings. The van der Waals surface area contributed by atoms with Crippen molar-refractivity contribution in [1.29, 1.82) is 0 Å². The van der Waals surface area contributed by atoms with E-state index in [1.807, 2.05) is 42.5 Å². The number of benzene rings is 2. The summed E-state index contributed by atoms with van der Waals surface area (Å²) in [6.45, 7) is 0.858. The van der Waals surface area contributed by atoms with Crippen LogP contribution in [0, 0.1) is 0 Å². The second-order valence-electron chi connectivity index (χ2n) is 5.78. The number of aromatic nitrogens is 2. The van der Waals surface area contributed by atoms with Gasteiger partial charge in [-0.15, -0.1) is 0 Å². The SMILES string of the molecule is O=c1[nH]c(N2CCCC2c2ccccc2Cl)nc2ccccc12. The number of aromatic amines is 1. The Hall–Kier alpha value is -2.33. The Morgan fingerprint density at radius 3 is 2.78 bits per heavy atom. The zero-order valence-corrected chi connectivity index (χ0v) is 13.3. The van der Waals surface area contributed by atoms with E-state index < -0.39 is 0 Å². The lowest BCUT2D eigenvalue weighted by molar-refractivity contribution is 0.702. The molecule has 0 spiro atoms. The lowest BCUT2D eigenvalue weighted by Gasteiger charge is -2.26. The Bertz CT molecular complexity index is 921. The molecule has 1 fully saturated rings. The van der Waals surface area contributed by atoms with E-state index in [9.17, 15) is 4.79 Å². The number of rotatable bonds is 2. The van der Waals surface area contributed by atoms with Crippen LogP contribution in [-0.4, -0.2) is 16.5 Å². The Labute approximate surface area is 138 Å². The molecule has 1 unspecified atom stereocenters. The van der Waals surface area contributed by atoms with E-state index in [0.29, 0.717) is 11.3 Å². The average Bonchev–Trinajstić information content (AvgIpc) is 3.05. The summed E-state index contributed by atoms with van der Waals surface area (Å²) in [6, 6.07) is 15.4. The molecular weight excluding hydrogens is 310 g/mol. The highest BCUT2D eigenvalue weighted by atomic mass is 35.5. The predicted molar refractivity (Wildman–Crippen MR) is 93.1 cm³/mol. The van der Waals surface area contributed by atoms with E-state index in [4.69, 9.17) is 11.6 Å². The van der Waals surface area contributed by atoms with E-state index in [0.717, 1.165) is 35.5 Å². The molecule has 2 aromatic carbocycles. The second-order valence-corrected chi connectivity index (χ2v) is 6.19. The van der Waals surface area contributed by atoms with Crippen molar-refractivity contribution in [2.75, 3.05) is 11.4 Å². The van der Waals surface area contributed by atoms with Crippen LogP contribution >= 0.6 is 11.6 Å². The monoisotopic (exact) mass is 325 g/mol. The minimum Gasteiger partial charge on any atom is -0.335 e. The van der Waals surface area contributed by atoms with Gasteiger partial charge in [-0.25, -0.2) is 4.98 Å². The maximum absolute atomic E-state index is 12.3. The third kappa shape index (κ3) is 2.49. The molecule has 116 valence electrons. The molecule has 1 aliphatic heterocycles. The third-order valence-electron chi connectivity index (χ3n) is 4.39. The van der Waals surface area contributed by atoms with Crippen molar-refractivity contribution in [3.63, 3.8) is 0 Å². The number of hydrogen-bond donors (Lipinski definition) is 1. The lowest BCUT2D eigenvalue weighted by atomic mass is 10.0. The van der Waals surface area contributed by atoms with Crippen LogP contribution in [0.5, 0.6) is 0 Å². The van der Waals surface area contributed by atoms with Crippen LogP contribution in [0.4, 0.5) is 5.95 Å². The number of hydrogen-bond acceptors (Lipinski definition) is 3. The molecule has 2 heterocycles. The van der Waals surface area contributed by atoms with Crippen molar-refractivity contribution < 1.29 is 0 Å². The number of anilines is 1. The average molecular weight is 326 g/mol. The molecule has 1 N–H and O–H groups in total. The van der Waals surface area contributed by atoms with Gasteiger partial charge in [-0.3, -0.25) is 9.78 Å². The van der Waals surface area contributed by atoms with Crippen molar-refractivity contribution in [2.24, 2.45) is 0 Å². The molecule has 1 saturated heterocycles. The maximum atomic E-state index is 12.3. The summed E-state index contributed by atoms with van der Waals surface area (Å²) >= 11 is 6.36. The second kappa shape index (κ2) is 5.70. The molecule has 1 aromatic heterocycles. The molecule has 4 nitrogen and oxygen atoms in total. The Morgan fingerprint density at radius 2 is 1.91 bits per heavy atom. The molecule has 0 bridgehead atoms. The van der Waals surface area contributed by atoms with E-state index in [1.54, 1.807) is 6.07 Å². The first-order valence-electron chi connectivity index (χ1n) is 7.74. The molecule has 23 heavy (non-hydrogen) atoms. The minimum absolute atomic E-state index is 0.101. The first-order chi connectivity index (χ1) is 11.2. The fourth-order valence-electron chi connectivity index (χ4n) is 3.30. The summed E-state index contributed by atoms with van der Waals surface area (Å²) in [7, 11) is 0. The standard InChI is InChI=1S/C18H16ClN3O/c19-14-8-3-1-6-12(14)16-10-5-11-22(16)18-20-15-9-4-2-7-13(15)17(23)21-18/h1-4,6-9,16H,5,10-11H2,(H,20,21,23). The Balaban J connectivity index is 1.80. The van der Waals surface area contributed by atoms with Gasteiger partial charge in [-0.05, 0) is 36.6 Å². The van der Waals surface area contributed by atoms with Gasteiger partial charge in [-0.1, -0.05) is 41.9 Å². The summed E-state index contributed by atoms with van der Waals surface area (Å²) in [5, 5.41) is 1.37. The summed E-state index contributed by atoms with van der Waals surface area (Å²) < 4.78 is 0. The predicted octanol–water partition coefficient (Wildman–Crippen LogP) is 3.92. The Kier molecular flexibility index (Phi) is 3.54. The van der Waals surface area contributed by atoms with E-state index in [-0.39, 0.29) is 11.6 Å². The third-order valence-corrected chi connectivity index (χ3v) is 4.73. The van der Waals surface area contributed by atoms with Crippen LogP contribution in [0.25, 0.3) is 10.9 Å². The molecule has 0 saturated carbocycles. The molecule has 0 radical (unpaired) electrons. The molecule has 1 atom stereocenters. The molecule has 1 aliphatic rings. The van der Waals surface area contributed by atoms with Gasteiger partial charge in [0.15, 0.2) is 0 Å². The molecule has 0 amide bonds. The van der Waals surface area contributed by atoms with Gasteiger partial charge in [0.05, 0.1) is 16.9 Å². The fraction of sp³-hybridized carbons (Fsp3) is 0.222. The summed E-state index contributed by atoms with van der Waals surface area (Å²) in [5.74, 6) is 0.621. The highest BCUT2D eigenvalue weighted by Gasteiger charge is 2.29. The highest BCUT2D eigenvalue weighted by Crippen LogP contribution is 2.37. The minimum atomic E-state index is -0.101. The van der Waals surface area contributed by atoms with Crippen molar-refractivity contribution in [2.45, 2.75) is 18.9 Å². The van der Waals surface area contributed by atoms with Crippen LogP contribution in [-0.2, 0) is 0 Å². The number of fused-ring (bicyclic) bond motifs is 1. The maximum Gasteiger partial charge on any atom is 0.260 e. The fourth-order valence-corrected chi connectivity index (χ4v) is 3.56. The van der Waals surface area contributed by atoms with E-state index in [1.165, 1.54) is 0 Å². The normalized spacial score (nSPS) is 17.8. The summed E-state index contributed by atoms with van der Waals surface area (Å²) in [6.07, 6.45) is 2.05. The van der Waals surface area contributed by atoms with Crippen LogP contribution in [0.2, 0.25) is 5.02 Å². The lowest BCUT2D eigenvalue weighted by Crippen LogP contribution is -2.27. The number of nitrogens with zero attached hydrogens (tertiary/aromatic N) is 2. The van der Waals surface area contributed by atoms with Gasteiger partial charge >= 0.3 is 0 Å². The summed E-state index contributed by atoms with van der Waals surface area (Å²) in [5.41, 5.74) is 1.70. The number of para-hydroxylation sites is 1. The van der Waals surface area contributed by atoms with Gasteiger partial charge in [-0.2, -0.15) is 0 Å². The van der Waals surface area contributed by atoms with Gasteiger partial charge in [0.2, 0.25) is 5.95 Å². The largest absolute Gasteiger partial charge is 0.335 e. The van der Waals surface area contributed by atoms with Crippen LogP contribution < -0.4 is 10.5 Å². The first-order valence-corrected chi connectivity index (χ1v) is 8.12. The summed E-state index contributed by atoms with van der Waals surface area (Å²) in [4.78, 5) is 22.0. The molecule has 0 aliphatic carbocycles. The molecular formula is C18H16ClN3O. The topological polar surface area (TPSA) is 49.0 Å². The van der Waals surface area contributed by atoms with Gasteiger partial charge in [0.25, 0.3) is 5.56 Å². The number of halogens is 1. The molecule has 4 rings (SSSR count). The zero-order valence-electron chi connectivity index (χ0n) is 12.5. The number of H-pyrrole nitrogens is 1. The van der Waals surface area contributed by atoms with Crippen LogP contribution in [0.1, 0.15) is 24.4 Å². The molecule has 5 heteroatoms. The van der Waals surface area contributed by atoms with Gasteiger partial charge < -0.3 is 4.90 Å². The van der Waals surface area contributed by atoms with Gasteiger partial charge in [0, 0.05) is 11.6 Å². The Morgan fingerprint density at radius 1 is 1.13 bits per heavy atom. The van der Waals surface area contributed by atoms with E-state index >= 15 is 0 Å². The van der Waals surface area contributed by atoms with Crippen molar-refractivity contribution in [3.8, 4) is 0 Å². The van der Waals surface area contributed by atoms with Crippen LogP contribution in [0.15, 0.2) is 53.3 Å². The van der Waals surface area contributed by atoms with Gasteiger partial charge in [0.1, 0.15) is 0 Å². The van der Waals surface area contributed by atoms with Crippen molar-refractivity contribution in [3.05, 3.63) is 69.5 Å². The van der Waals surface area contributed by atoms with Crippen molar-refractivity contribution >= 4 is 28.5 Å². The zero-order chi connectivity index (χ0) is 15.8.